The van der Waals surface area contributed by atoms with Gasteiger partial charge in [0.15, 0.2) is 5.96 Å². The Morgan fingerprint density at radius 3 is 2.74 bits per heavy atom. The van der Waals surface area contributed by atoms with Gasteiger partial charge in [0.2, 0.25) is 0 Å². The number of halogens is 1. The molecule has 2 N–H and O–H groups in total. The van der Waals surface area contributed by atoms with Crippen molar-refractivity contribution in [2.75, 3.05) is 33.4 Å². The van der Waals surface area contributed by atoms with Crippen molar-refractivity contribution in [1.29, 1.82) is 0 Å². The predicted molar refractivity (Wildman–Crippen MR) is 117 cm³/mol. The van der Waals surface area contributed by atoms with Crippen LogP contribution in [0.4, 0.5) is 0 Å². The minimum absolute atomic E-state index is 0. The Morgan fingerprint density at radius 1 is 1.26 bits per heavy atom. The van der Waals surface area contributed by atoms with Crippen LogP contribution in [0.2, 0.25) is 0 Å². The smallest absolute Gasteiger partial charge is 0.345 e. The lowest BCUT2D eigenvalue weighted by Gasteiger charge is -2.11. The maximum atomic E-state index is 12.3. The number of aromatic nitrogens is 3. The zero-order valence-electron chi connectivity index (χ0n) is 16.3. The van der Waals surface area contributed by atoms with Crippen molar-refractivity contribution in [1.82, 2.24) is 25.0 Å². The van der Waals surface area contributed by atoms with E-state index in [9.17, 15) is 4.79 Å². The van der Waals surface area contributed by atoms with E-state index in [4.69, 9.17) is 4.74 Å². The molecule has 0 aromatic carbocycles. The zero-order valence-corrected chi connectivity index (χ0v) is 18.6. The average Bonchev–Trinajstić information content (AvgIpc) is 3.43. The van der Waals surface area contributed by atoms with Crippen molar-refractivity contribution in [3.63, 3.8) is 0 Å². The molecule has 1 fully saturated rings. The Bertz CT molecular complexity index is 653. The third kappa shape index (κ3) is 7.10. The lowest BCUT2D eigenvalue weighted by atomic mass is 10.2. The number of hydrogen-bond donors (Lipinski definition) is 2. The van der Waals surface area contributed by atoms with E-state index in [2.05, 4.69) is 20.7 Å². The van der Waals surface area contributed by atoms with E-state index in [1.54, 1.807) is 11.7 Å². The number of rotatable bonds is 10. The van der Waals surface area contributed by atoms with Gasteiger partial charge in [-0.3, -0.25) is 9.56 Å². The number of guanidine groups is 1. The van der Waals surface area contributed by atoms with Crippen LogP contribution in [-0.2, 0) is 24.2 Å². The molecule has 1 aromatic rings. The number of fused-ring (bicyclic) bond motifs is 1. The molecule has 154 valence electrons. The lowest BCUT2D eigenvalue weighted by Crippen LogP contribution is -2.39. The SMILES string of the molecule is CN=C(NCCCOCC1CC1)NCCCn1nc2n(c1=O)CCCC2.I. The first-order valence-electron chi connectivity index (χ1n) is 9.96. The molecule has 2 heterocycles. The van der Waals surface area contributed by atoms with Crippen molar-refractivity contribution >= 4 is 29.9 Å². The molecule has 0 spiro atoms. The summed E-state index contributed by atoms with van der Waals surface area (Å²) in [5, 5.41) is 11.0. The van der Waals surface area contributed by atoms with Crippen molar-refractivity contribution < 1.29 is 4.74 Å². The van der Waals surface area contributed by atoms with Crippen LogP contribution < -0.4 is 16.3 Å². The second-order valence-corrected chi connectivity index (χ2v) is 7.18. The third-order valence-electron chi connectivity index (χ3n) is 4.90. The molecule has 8 nitrogen and oxygen atoms in total. The molecular formula is C18H33IN6O2. The molecule has 9 heteroatoms. The fourth-order valence-corrected chi connectivity index (χ4v) is 3.17. The summed E-state index contributed by atoms with van der Waals surface area (Å²) in [5.74, 6) is 2.56. The summed E-state index contributed by atoms with van der Waals surface area (Å²) in [7, 11) is 1.77. The van der Waals surface area contributed by atoms with Crippen LogP contribution in [0.1, 0.15) is 44.3 Å². The molecule has 1 aliphatic carbocycles. The first kappa shape index (κ1) is 22.2. The van der Waals surface area contributed by atoms with Crippen molar-refractivity contribution in [2.45, 2.75) is 58.0 Å². The van der Waals surface area contributed by atoms with Gasteiger partial charge >= 0.3 is 5.69 Å². The predicted octanol–water partition coefficient (Wildman–Crippen LogP) is 1.37. The molecule has 0 bridgehead atoms. The minimum atomic E-state index is 0. The van der Waals surface area contributed by atoms with Gasteiger partial charge in [0.1, 0.15) is 5.82 Å². The van der Waals surface area contributed by atoms with Crippen molar-refractivity contribution in [3.05, 3.63) is 16.3 Å². The van der Waals surface area contributed by atoms with Gasteiger partial charge in [-0.05, 0) is 44.4 Å². The molecule has 1 aliphatic heterocycles. The third-order valence-corrected chi connectivity index (χ3v) is 4.90. The Balaban J connectivity index is 0.00000261. The molecule has 2 aliphatic rings. The molecule has 1 saturated carbocycles. The van der Waals surface area contributed by atoms with E-state index >= 15 is 0 Å². The minimum Gasteiger partial charge on any atom is -0.381 e. The van der Waals surface area contributed by atoms with Crippen LogP contribution in [0.25, 0.3) is 0 Å². The number of aryl methyl sites for hydroxylation is 2. The maximum absolute atomic E-state index is 12.3. The highest BCUT2D eigenvalue weighted by molar-refractivity contribution is 14.0. The van der Waals surface area contributed by atoms with Gasteiger partial charge < -0.3 is 15.4 Å². The molecule has 1 aromatic heterocycles. The summed E-state index contributed by atoms with van der Waals surface area (Å²) in [5.41, 5.74) is 0.0356. The van der Waals surface area contributed by atoms with Gasteiger partial charge in [0.25, 0.3) is 0 Å². The zero-order chi connectivity index (χ0) is 18.2. The number of aliphatic imine (C=N–C) groups is 1. The summed E-state index contributed by atoms with van der Waals surface area (Å²) in [6, 6.07) is 0. The highest BCUT2D eigenvalue weighted by Gasteiger charge is 2.20. The van der Waals surface area contributed by atoms with Gasteiger partial charge in [0, 0.05) is 52.9 Å². The highest BCUT2D eigenvalue weighted by atomic mass is 127. The van der Waals surface area contributed by atoms with Gasteiger partial charge in [0.05, 0.1) is 0 Å². The largest absolute Gasteiger partial charge is 0.381 e. The van der Waals surface area contributed by atoms with Crippen LogP contribution in [0, 0.1) is 5.92 Å². The highest BCUT2D eigenvalue weighted by Crippen LogP contribution is 2.28. The van der Waals surface area contributed by atoms with E-state index in [0.29, 0.717) is 6.54 Å². The van der Waals surface area contributed by atoms with Gasteiger partial charge in [-0.2, -0.15) is 5.10 Å². The average molecular weight is 492 g/mol. The number of hydrogen-bond acceptors (Lipinski definition) is 4. The Labute approximate surface area is 178 Å². The summed E-state index contributed by atoms with van der Waals surface area (Å²) >= 11 is 0. The number of nitrogens with zero attached hydrogens (tertiary/aromatic N) is 4. The molecule has 0 radical (unpaired) electrons. The second kappa shape index (κ2) is 11.7. The van der Waals surface area contributed by atoms with Crippen LogP contribution in [0.15, 0.2) is 9.79 Å². The van der Waals surface area contributed by atoms with Gasteiger partial charge in [-0.1, -0.05) is 0 Å². The molecule has 0 saturated heterocycles. The summed E-state index contributed by atoms with van der Waals surface area (Å²) in [6.07, 6.45) is 7.61. The van der Waals surface area contributed by atoms with E-state index in [-0.39, 0.29) is 29.7 Å². The molecule has 0 atom stereocenters. The first-order chi connectivity index (χ1) is 12.8. The van der Waals surface area contributed by atoms with Crippen LogP contribution in [0.3, 0.4) is 0 Å². The van der Waals surface area contributed by atoms with Gasteiger partial charge in [-0.15, -0.1) is 24.0 Å². The number of nitrogens with one attached hydrogen (secondary N) is 2. The van der Waals surface area contributed by atoms with E-state index < -0.39 is 0 Å². The van der Waals surface area contributed by atoms with Crippen molar-refractivity contribution in [2.24, 2.45) is 10.9 Å². The monoisotopic (exact) mass is 492 g/mol. The van der Waals surface area contributed by atoms with Crippen LogP contribution in [0.5, 0.6) is 0 Å². The van der Waals surface area contributed by atoms with Crippen LogP contribution in [-0.4, -0.2) is 53.7 Å². The molecule has 0 amide bonds. The Morgan fingerprint density at radius 2 is 2.04 bits per heavy atom. The van der Waals surface area contributed by atoms with Gasteiger partial charge in [-0.25, -0.2) is 9.48 Å². The fourth-order valence-electron chi connectivity index (χ4n) is 3.17. The second-order valence-electron chi connectivity index (χ2n) is 7.18. The fraction of sp³-hybridized carbons (Fsp3) is 0.833. The van der Waals surface area contributed by atoms with E-state index in [1.807, 2.05) is 4.57 Å². The molecular weight excluding hydrogens is 459 g/mol. The topological polar surface area (TPSA) is 85.5 Å². The summed E-state index contributed by atoms with van der Waals surface area (Å²) < 4.78 is 9.05. The summed E-state index contributed by atoms with van der Waals surface area (Å²) in [6.45, 7) is 4.77. The molecule has 3 rings (SSSR count). The number of ether oxygens (including phenoxy) is 1. The normalized spacial score (nSPS) is 16.6. The molecule has 0 unspecified atom stereocenters. The maximum Gasteiger partial charge on any atom is 0.345 e. The lowest BCUT2D eigenvalue weighted by molar-refractivity contribution is 0.123. The first-order valence-corrected chi connectivity index (χ1v) is 9.96. The standard InChI is InChI=1S/C18H32N6O2.HI/c1-19-17(21-10-5-13-26-14-15-7-8-15)20-9-4-12-24-18(25)23-11-3-2-6-16(23)22-24;/h15H,2-14H2,1H3,(H2,19,20,21);1H. The Kier molecular flexibility index (Phi) is 9.60. The molecule has 27 heavy (non-hydrogen) atoms. The summed E-state index contributed by atoms with van der Waals surface area (Å²) in [4.78, 5) is 16.5. The van der Waals surface area contributed by atoms with E-state index in [0.717, 1.165) is 82.7 Å². The quantitative estimate of drug-likeness (QED) is 0.223. The Hall–Kier alpha value is -1.10. The van der Waals surface area contributed by atoms with E-state index in [1.165, 1.54) is 12.8 Å². The van der Waals surface area contributed by atoms with Crippen LogP contribution >= 0.6 is 24.0 Å². The van der Waals surface area contributed by atoms with Crippen molar-refractivity contribution in [3.8, 4) is 0 Å².